The van der Waals surface area contributed by atoms with Crippen LogP contribution in [0.1, 0.15) is 52.8 Å². The Labute approximate surface area is 218 Å². The molecule has 0 unspecified atom stereocenters. The minimum Gasteiger partial charge on any atom is -0.497 e. The Morgan fingerprint density at radius 2 is 1.75 bits per heavy atom. The summed E-state index contributed by atoms with van der Waals surface area (Å²) in [6.45, 7) is 7.31. The summed E-state index contributed by atoms with van der Waals surface area (Å²) >= 11 is 5.91. The molecule has 36 heavy (non-hydrogen) atoms. The smallest absolute Gasteiger partial charge is 0.170 e. The van der Waals surface area contributed by atoms with E-state index in [9.17, 15) is 0 Å². The highest BCUT2D eigenvalue weighted by atomic mass is 32.1. The molecule has 4 aromatic rings. The van der Waals surface area contributed by atoms with Crippen LogP contribution in [0.5, 0.6) is 5.75 Å². The summed E-state index contributed by atoms with van der Waals surface area (Å²) in [5.74, 6) is 0.849. The quantitative estimate of drug-likeness (QED) is 0.307. The molecule has 1 aliphatic heterocycles. The van der Waals surface area contributed by atoms with Crippen molar-refractivity contribution in [3.63, 3.8) is 0 Å². The van der Waals surface area contributed by atoms with Crippen LogP contribution in [-0.2, 0) is 13.0 Å². The van der Waals surface area contributed by atoms with Gasteiger partial charge in [-0.3, -0.25) is 4.98 Å². The van der Waals surface area contributed by atoms with Gasteiger partial charge >= 0.3 is 0 Å². The molecule has 1 N–H and O–H groups in total. The molecule has 5 rings (SSSR count). The third-order valence-electron chi connectivity index (χ3n) is 7.11. The first kappa shape index (κ1) is 24.1. The van der Waals surface area contributed by atoms with Crippen molar-refractivity contribution in [1.29, 1.82) is 0 Å². The van der Waals surface area contributed by atoms with E-state index in [2.05, 4.69) is 84.1 Å². The number of aromatic nitrogens is 2. The zero-order chi connectivity index (χ0) is 25.2. The van der Waals surface area contributed by atoms with Gasteiger partial charge in [0.05, 0.1) is 24.9 Å². The third-order valence-corrected chi connectivity index (χ3v) is 7.46. The molecular formula is C30H32N4OS. The van der Waals surface area contributed by atoms with Gasteiger partial charge in [-0.15, -0.1) is 0 Å². The summed E-state index contributed by atoms with van der Waals surface area (Å²) in [4.78, 5) is 7.01. The fraction of sp³-hybridized carbons (Fsp3) is 0.267. The summed E-state index contributed by atoms with van der Waals surface area (Å²) in [7, 11) is 1.69. The molecule has 0 bridgehead atoms. The van der Waals surface area contributed by atoms with Crippen LogP contribution < -0.4 is 10.1 Å². The van der Waals surface area contributed by atoms with Crippen molar-refractivity contribution in [3.8, 4) is 11.4 Å². The van der Waals surface area contributed by atoms with Crippen molar-refractivity contribution in [2.75, 3.05) is 7.11 Å². The van der Waals surface area contributed by atoms with Crippen LogP contribution >= 0.6 is 12.2 Å². The summed E-state index contributed by atoms with van der Waals surface area (Å²) in [5, 5.41) is 4.33. The van der Waals surface area contributed by atoms with Gasteiger partial charge < -0.3 is 19.5 Å². The monoisotopic (exact) mass is 496 g/mol. The van der Waals surface area contributed by atoms with Gasteiger partial charge in [0.25, 0.3) is 0 Å². The fourth-order valence-corrected chi connectivity index (χ4v) is 5.63. The number of nitrogens with one attached hydrogen (secondary N) is 1. The van der Waals surface area contributed by atoms with E-state index in [1.165, 1.54) is 33.8 Å². The average Bonchev–Trinajstić information content (AvgIpc) is 3.39. The molecule has 0 amide bonds. The number of benzene rings is 2. The van der Waals surface area contributed by atoms with Crippen molar-refractivity contribution in [3.05, 3.63) is 113 Å². The molecule has 184 valence electrons. The van der Waals surface area contributed by atoms with Gasteiger partial charge in [0.2, 0.25) is 0 Å². The maximum absolute atomic E-state index is 5.91. The molecular weight excluding hydrogens is 464 g/mol. The van der Waals surface area contributed by atoms with Gasteiger partial charge in [-0.1, -0.05) is 43.3 Å². The lowest BCUT2D eigenvalue weighted by atomic mass is 9.96. The van der Waals surface area contributed by atoms with Gasteiger partial charge in [-0.2, -0.15) is 0 Å². The second-order valence-electron chi connectivity index (χ2n) is 9.25. The minimum absolute atomic E-state index is 0.00300. The number of methoxy groups -OCH3 is 1. The molecule has 5 nitrogen and oxygen atoms in total. The van der Waals surface area contributed by atoms with Crippen molar-refractivity contribution in [2.24, 2.45) is 0 Å². The van der Waals surface area contributed by atoms with Crippen molar-refractivity contribution in [2.45, 2.75) is 45.8 Å². The Morgan fingerprint density at radius 1 is 1.00 bits per heavy atom. The highest BCUT2D eigenvalue weighted by Gasteiger charge is 2.41. The second-order valence-corrected chi connectivity index (χ2v) is 9.63. The standard InChI is InChI=1S/C30H32N4OS/c1-5-23-10-6-7-12-27(23)34-20(2)18-25(21(34)3)29-28(26-11-8-9-17-31-26)32-30(36)33(29)19-22-13-15-24(35-4)16-14-22/h6-18,28-29H,5,19H2,1-4H3,(H,32,36)/t28-,29-/m0/s1. The average molecular weight is 497 g/mol. The molecule has 0 spiro atoms. The van der Waals surface area contributed by atoms with Gasteiger partial charge in [0, 0.05) is 29.8 Å². The summed E-state index contributed by atoms with van der Waals surface area (Å²) in [6.07, 6.45) is 2.84. The zero-order valence-corrected chi connectivity index (χ0v) is 22.0. The van der Waals surface area contributed by atoms with E-state index in [1.807, 2.05) is 30.5 Å². The second kappa shape index (κ2) is 10.2. The Hall–Kier alpha value is -3.64. The highest BCUT2D eigenvalue weighted by molar-refractivity contribution is 7.80. The van der Waals surface area contributed by atoms with Gasteiger partial charge in [-0.05, 0) is 85.6 Å². The molecule has 1 saturated heterocycles. The minimum atomic E-state index is -0.0488. The van der Waals surface area contributed by atoms with Gasteiger partial charge in [0.1, 0.15) is 5.75 Å². The van der Waals surface area contributed by atoms with Crippen LogP contribution in [0.15, 0.2) is 79.0 Å². The summed E-state index contributed by atoms with van der Waals surface area (Å²) in [6, 6.07) is 25.2. The maximum Gasteiger partial charge on any atom is 0.170 e. The maximum atomic E-state index is 5.91. The predicted molar refractivity (Wildman–Crippen MR) is 149 cm³/mol. The molecule has 0 radical (unpaired) electrons. The Bertz CT molecular complexity index is 1360. The number of para-hydroxylation sites is 1. The number of pyridine rings is 1. The number of ether oxygens (including phenoxy) is 1. The van der Waals surface area contributed by atoms with E-state index in [4.69, 9.17) is 21.9 Å². The summed E-state index contributed by atoms with van der Waals surface area (Å²) in [5.41, 5.74) is 8.44. The topological polar surface area (TPSA) is 42.3 Å². The van der Waals surface area contributed by atoms with Crippen molar-refractivity contribution in [1.82, 2.24) is 19.8 Å². The number of thiocarbonyl (C=S) groups is 1. The van der Waals surface area contributed by atoms with E-state index in [-0.39, 0.29) is 12.1 Å². The predicted octanol–water partition coefficient (Wildman–Crippen LogP) is 6.23. The molecule has 1 aliphatic rings. The molecule has 6 heteroatoms. The highest BCUT2D eigenvalue weighted by Crippen LogP contribution is 2.42. The van der Waals surface area contributed by atoms with Crippen LogP contribution in [0.4, 0.5) is 0 Å². The number of nitrogens with zero attached hydrogens (tertiary/aromatic N) is 3. The van der Waals surface area contributed by atoms with Crippen LogP contribution in [0, 0.1) is 13.8 Å². The van der Waals surface area contributed by atoms with E-state index in [0.717, 1.165) is 23.0 Å². The molecule has 0 aliphatic carbocycles. The first-order valence-corrected chi connectivity index (χ1v) is 12.8. The normalized spacial score (nSPS) is 17.3. The van der Waals surface area contributed by atoms with E-state index in [1.54, 1.807) is 7.11 Å². The lowest BCUT2D eigenvalue weighted by molar-refractivity contribution is 0.310. The molecule has 2 atom stereocenters. The SMILES string of the molecule is CCc1ccccc1-n1c(C)cc([C@H]2[C@H](c3ccccn3)NC(=S)N2Cc2ccc(OC)cc2)c1C. The van der Waals surface area contributed by atoms with E-state index < -0.39 is 0 Å². The molecule has 3 heterocycles. The van der Waals surface area contributed by atoms with E-state index in [0.29, 0.717) is 6.54 Å². The first-order chi connectivity index (χ1) is 17.5. The fourth-order valence-electron chi connectivity index (χ4n) is 5.33. The zero-order valence-electron chi connectivity index (χ0n) is 21.2. The number of aryl methyl sites for hydroxylation is 2. The van der Waals surface area contributed by atoms with Crippen molar-refractivity contribution >= 4 is 17.3 Å². The molecule has 0 saturated carbocycles. The lowest BCUT2D eigenvalue weighted by Crippen LogP contribution is -2.29. The first-order valence-electron chi connectivity index (χ1n) is 12.4. The molecule has 1 fully saturated rings. The van der Waals surface area contributed by atoms with Crippen LogP contribution in [-0.4, -0.2) is 26.7 Å². The van der Waals surface area contributed by atoms with Crippen LogP contribution in [0.25, 0.3) is 5.69 Å². The lowest BCUT2D eigenvalue weighted by Gasteiger charge is -2.28. The van der Waals surface area contributed by atoms with Gasteiger partial charge in [-0.25, -0.2) is 0 Å². The Morgan fingerprint density at radius 3 is 2.44 bits per heavy atom. The van der Waals surface area contributed by atoms with Crippen LogP contribution in [0.3, 0.4) is 0 Å². The Kier molecular flexibility index (Phi) is 6.79. The number of hydrogen-bond donors (Lipinski definition) is 1. The van der Waals surface area contributed by atoms with Crippen LogP contribution in [0.2, 0.25) is 0 Å². The summed E-state index contributed by atoms with van der Waals surface area (Å²) < 4.78 is 7.74. The number of hydrogen-bond acceptors (Lipinski definition) is 3. The Balaban J connectivity index is 1.61. The van der Waals surface area contributed by atoms with Crippen molar-refractivity contribution < 1.29 is 4.74 Å². The third kappa shape index (κ3) is 4.37. The largest absolute Gasteiger partial charge is 0.497 e. The molecule has 2 aromatic carbocycles. The number of rotatable bonds is 7. The van der Waals surface area contributed by atoms with Gasteiger partial charge in [0.15, 0.2) is 5.11 Å². The molecule has 2 aromatic heterocycles. The van der Waals surface area contributed by atoms with E-state index >= 15 is 0 Å².